The predicted octanol–water partition coefficient (Wildman–Crippen LogP) is 1.13. The van der Waals surface area contributed by atoms with Gasteiger partial charge in [0.25, 0.3) is 0 Å². The summed E-state index contributed by atoms with van der Waals surface area (Å²) in [5, 5.41) is 0. The van der Waals surface area contributed by atoms with Crippen LogP contribution < -0.4 is 51.4 Å². The molecule has 0 aromatic heterocycles. The van der Waals surface area contributed by atoms with Crippen LogP contribution in [0.15, 0.2) is 0 Å². The minimum atomic E-state index is -1.58. The number of rotatable bonds is 11. The molecule has 0 saturated carbocycles. The van der Waals surface area contributed by atoms with Gasteiger partial charge in [0, 0.05) is 5.75 Å². The van der Waals surface area contributed by atoms with E-state index >= 15 is 0 Å². The van der Waals surface area contributed by atoms with Crippen molar-refractivity contribution in [1.82, 2.24) is 0 Å². The van der Waals surface area contributed by atoms with Crippen molar-refractivity contribution in [2.45, 2.75) is 71.1 Å². The summed E-state index contributed by atoms with van der Waals surface area (Å²) < 4.78 is 18.9. The summed E-state index contributed by atoms with van der Waals surface area (Å²) in [5.74, 6) is 0.455. The molecular formula is C12H26KO2S+. The van der Waals surface area contributed by atoms with E-state index in [-0.39, 0.29) is 51.4 Å². The third-order valence-corrected chi connectivity index (χ3v) is 3.31. The zero-order valence-corrected chi connectivity index (χ0v) is 15.0. The van der Waals surface area contributed by atoms with E-state index in [2.05, 4.69) is 6.92 Å². The van der Waals surface area contributed by atoms with E-state index in [1.165, 1.54) is 51.4 Å². The van der Waals surface area contributed by atoms with E-state index in [1.807, 2.05) is 0 Å². The molecule has 0 amide bonds. The summed E-state index contributed by atoms with van der Waals surface area (Å²) in [6, 6.07) is 0. The maximum Gasteiger partial charge on any atom is 1.00 e. The Bertz CT molecular complexity index is 154. The molecule has 0 aromatic carbocycles. The normalized spacial score (nSPS) is 12.1. The topological polar surface area (TPSA) is 37.3 Å². The average Bonchev–Trinajstić information content (AvgIpc) is 2.20. The largest absolute Gasteiger partial charge is 1.00 e. The van der Waals surface area contributed by atoms with E-state index in [4.69, 9.17) is 4.55 Å². The summed E-state index contributed by atoms with van der Waals surface area (Å²) in [5.41, 5.74) is 0. The maximum absolute atomic E-state index is 10.3. The van der Waals surface area contributed by atoms with Gasteiger partial charge in [-0.25, -0.2) is 4.21 Å². The second-order valence-corrected chi connectivity index (χ2v) is 5.26. The van der Waals surface area contributed by atoms with E-state index in [0.29, 0.717) is 5.75 Å². The van der Waals surface area contributed by atoms with Crippen molar-refractivity contribution in [3.63, 3.8) is 0 Å². The Morgan fingerprint density at radius 3 is 1.56 bits per heavy atom. The molecule has 1 N–H and O–H groups in total. The molecule has 0 saturated heterocycles. The fraction of sp³-hybridized carbons (Fsp3) is 1.00. The van der Waals surface area contributed by atoms with Crippen LogP contribution in [0.2, 0.25) is 0 Å². The van der Waals surface area contributed by atoms with Crippen LogP contribution in [-0.2, 0) is 11.1 Å². The van der Waals surface area contributed by atoms with Crippen molar-refractivity contribution in [2.24, 2.45) is 0 Å². The van der Waals surface area contributed by atoms with E-state index in [1.54, 1.807) is 0 Å². The molecule has 0 radical (unpaired) electrons. The van der Waals surface area contributed by atoms with Crippen LogP contribution in [0, 0.1) is 0 Å². The van der Waals surface area contributed by atoms with Crippen molar-refractivity contribution in [2.75, 3.05) is 5.75 Å². The number of unbranched alkanes of at least 4 members (excludes halogenated alkanes) is 9. The molecule has 0 rings (SSSR count). The van der Waals surface area contributed by atoms with Crippen LogP contribution in [0.4, 0.5) is 0 Å². The van der Waals surface area contributed by atoms with Gasteiger partial charge in [0.1, 0.15) is 0 Å². The van der Waals surface area contributed by atoms with Crippen molar-refractivity contribution in [3.05, 3.63) is 0 Å². The van der Waals surface area contributed by atoms with E-state index in [9.17, 15) is 4.21 Å². The first-order valence-electron chi connectivity index (χ1n) is 6.35. The van der Waals surface area contributed by atoms with Gasteiger partial charge in [-0.3, -0.25) is 0 Å². The first-order chi connectivity index (χ1) is 7.27. The summed E-state index contributed by atoms with van der Waals surface area (Å²) in [6.45, 7) is 2.24. The molecule has 1 atom stereocenters. The minimum absolute atomic E-state index is 0. The third kappa shape index (κ3) is 18.1. The molecule has 0 heterocycles. The molecular weight excluding hydrogens is 247 g/mol. The maximum atomic E-state index is 10.3. The molecule has 0 fully saturated rings. The van der Waals surface area contributed by atoms with E-state index in [0.717, 1.165) is 12.8 Å². The van der Waals surface area contributed by atoms with Crippen molar-refractivity contribution in [3.8, 4) is 0 Å². The molecule has 0 aliphatic heterocycles. The SMILES string of the molecule is CCCCCCCCCCCCS(=O)O.[K+]. The molecule has 4 heteroatoms. The van der Waals surface area contributed by atoms with Gasteiger partial charge in [-0.15, -0.1) is 0 Å². The molecule has 0 aromatic rings. The van der Waals surface area contributed by atoms with Gasteiger partial charge in [-0.2, -0.15) is 0 Å². The molecule has 16 heavy (non-hydrogen) atoms. The summed E-state index contributed by atoms with van der Waals surface area (Å²) in [7, 11) is 0. The first-order valence-corrected chi connectivity index (χ1v) is 7.62. The monoisotopic (exact) mass is 273 g/mol. The Morgan fingerprint density at radius 2 is 1.19 bits per heavy atom. The fourth-order valence-corrected chi connectivity index (χ4v) is 2.16. The van der Waals surface area contributed by atoms with Crippen LogP contribution in [0.5, 0.6) is 0 Å². The summed E-state index contributed by atoms with van der Waals surface area (Å²) in [6.07, 6.45) is 12.7. The van der Waals surface area contributed by atoms with Gasteiger partial charge in [-0.05, 0) is 6.42 Å². The smallest absolute Gasteiger partial charge is 0.306 e. The van der Waals surface area contributed by atoms with Gasteiger partial charge >= 0.3 is 51.4 Å². The molecule has 0 aliphatic carbocycles. The molecule has 0 aliphatic rings. The molecule has 0 spiro atoms. The Labute approximate surface area is 146 Å². The first kappa shape index (κ1) is 20.1. The van der Waals surface area contributed by atoms with Gasteiger partial charge in [0.2, 0.25) is 0 Å². The average molecular weight is 274 g/mol. The van der Waals surface area contributed by atoms with Crippen LogP contribution in [0.3, 0.4) is 0 Å². The Morgan fingerprint density at radius 1 is 0.812 bits per heavy atom. The van der Waals surface area contributed by atoms with Crippen LogP contribution >= 0.6 is 0 Å². The van der Waals surface area contributed by atoms with Crippen molar-refractivity contribution >= 4 is 11.1 Å². The summed E-state index contributed by atoms with van der Waals surface area (Å²) in [4.78, 5) is 0. The predicted molar refractivity (Wildman–Crippen MR) is 67.5 cm³/mol. The standard InChI is InChI=1S/C12H26O2S.K/c1-2-3-4-5-6-7-8-9-10-11-12-15(13)14;/h2-12H2,1H3,(H,13,14);/q;+1. The fourth-order valence-electron chi connectivity index (χ4n) is 1.71. The molecule has 92 valence electrons. The van der Waals surface area contributed by atoms with Gasteiger partial charge < -0.3 is 4.55 Å². The van der Waals surface area contributed by atoms with Crippen LogP contribution in [-0.4, -0.2) is 14.5 Å². The Balaban J connectivity index is 0. The third-order valence-electron chi connectivity index (χ3n) is 2.67. The zero-order valence-electron chi connectivity index (χ0n) is 11.0. The molecule has 2 nitrogen and oxygen atoms in total. The van der Waals surface area contributed by atoms with Gasteiger partial charge in [-0.1, -0.05) is 64.7 Å². The van der Waals surface area contributed by atoms with Gasteiger partial charge in [0.15, 0.2) is 11.1 Å². The van der Waals surface area contributed by atoms with Crippen LogP contribution in [0.25, 0.3) is 0 Å². The van der Waals surface area contributed by atoms with Crippen LogP contribution in [0.1, 0.15) is 71.1 Å². The summed E-state index contributed by atoms with van der Waals surface area (Å²) >= 11 is -1.58. The molecule has 0 bridgehead atoms. The number of hydrogen-bond acceptors (Lipinski definition) is 1. The molecule has 1 unspecified atom stereocenters. The van der Waals surface area contributed by atoms with Gasteiger partial charge in [0.05, 0.1) is 0 Å². The zero-order chi connectivity index (χ0) is 11.4. The minimum Gasteiger partial charge on any atom is -0.306 e. The Hall–Kier alpha value is 1.75. The van der Waals surface area contributed by atoms with Crippen molar-refractivity contribution < 1.29 is 60.1 Å². The van der Waals surface area contributed by atoms with E-state index < -0.39 is 11.1 Å². The number of hydrogen-bond donors (Lipinski definition) is 1. The van der Waals surface area contributed by atoms with Crippen molar-refractivity contribution in [1.29, 1.82) is 0 Å². The second-order valence-electron chi connectivity index (χ2n) is 4.21. The second kappa shape index (κ2) is 16.7. The quantitative estimate of drug-likeness (QED) is 0.348. The Kier molecular flexibility index (Phi) is 21.0.